The molecule has 0 spiro atoms. The van der Waals surface area contributed by atoms with E-state index in [1.165, 1.54) is 0 Å². The number of aromatic hydroxyl groups is 6. The predicted molar refractivity (Wildman–Crippen MR) is 62.9 cm³/mol. The Hall–Kier alpha value is -2.96. The van der Waals surface area contributed by atoms with Crippen molar-refractivity contribution in [1.82, 2.24) is 0 Å². The lowest BCUT2D eigenvalue weighted by Gasteiger charge is -2.12. The van der Waals surface area contributed by atoms with Gasteiger partial charge in [-0.2, -0.15) is 0 Å². The summed E-state index contributed by atoms with van der Waals surface area (Å²) in [5.41, 5.74) is 0. The highest BCUT2D eigenvalue weighted by Gasteiger charge is 2.17. The third kappa shape index (κ3) is 2.21. The molecule has 19 heavy (non-hydrogen) atoms. The van der Waals surface area contributed by atoms with E-state index in [0.29, 0.717) is 0 Å². The van der Waals surface area contributed by atoms with Crippen molar-refractivity contribution in [2.75, 3.05) is 0 Å². The summed E-state index contributed by atoms with van der Waals surface area (Å²) in [5.74, 6) is -4.33. The number of ether oxygens (including phenoxy) is 1. The van der Waals surface area contributed by atoms with Gasteiger partial charge in [-0.05, 0) is 12.1 Å². The molecule has 0 aliphatic rings. The van der Waals surface area contributed by atoms with E-state index in [2.05, 4.69) is 0 Å². The first-order valence-corrected chi connectivity index (χ1v) is 5.07. The van der Waals surface area contributed by atoms with Gasteiger partial charge in [0.1, 0.15) is 5.75 Å². The molecule has 0 aliphatic heterocycles. The topological polar surface area (TPSA) is 131 Å². The van der Waals surface area contributed by atoms with Crippen LogP contribution in [0.15, 0.2) is 24.3 Å². The Labute approximate surface area is 106 Å². The van der Waals surface area contributed by atoms with Gasteiger partial charge in [0.05, 0.1) is 0 Å². The molecule has 7 nitrogen and oxygen atoms in total. The lowest BCUT2D eigenvalue weighted by molar-refractivity contribution is 0.334. The fourth-order valence-electron chi connectivity index (χ4n) is 1.43. The summed E-state index contributed by atoms with van der Waals surface area (Å²) in [6.07, 6.45) is 0. The van der Waals surface area contributed by atoms with Crippen LogP contribution < -0.4 is 4.74 Å². The van der Waals surface area contributed by atoms with Gasteiger partial charge in [-0.25, -0.2) is 0 Å². The molecule has 6 N–H and O–H groups in total. The van der Waals surface area contributed by atoms with Crippen LogP contribution in [0.1, 0.15) is 0 Å². The molecule has 0 amide bonds. The van der Waals surface area contributed by atoms with Crippen LogP contribution >= 0.6 is 0 Å². The maximum atomic E-state index is 9.53. The third-order valence-corrected chi connectivity index (χ3v) is 2.34. The predicted octanol–water partition coefficient (Wildman–Crippen LogP) is 1.71. The minimum absolute atomic E-state index is 0.299. The molecule has 0 aromatic heterocycles. The van der Waals surface area contributed by atoms with Gasteiger partial charge in [-0.1, -0.05) is 0 Å². The monoisotopic (exact) mass is 266 g/mol. The summed E-state index contributed by atoms with van der Waals surface area (Å²) in [6.45, 7) is 0. The quantitative estimate of drug-likeness (QED) is 0.456. The number of phenols is 6. The minimum Gasteiger partial charge on any atom is -0.508 e. The Kier molecular flexibility index (Phi) is 2.88. The molecule has 0 aliphatic carbocycles. The average molecular weight is 266 g/mol. The Morgan fingerprint density at radius 3 is 1.84 bits per heavy atom. The molecule has 100 valence electrons. The summed E-state index contributed by atoms with van der Waals surface area (Å²) in [7, 11) is 0. The summed E-state index contributed by atoms with van der Waals surface area (Å²) < 4.78 is 5.03. The number of rotatable bonds is 2. The van der Waals surface area contributed by atoms with Crippen LogP contribution in [0.2, 0.25) is 0 Å². The van der Waals surface area contributed by atoms with Gasteiger partial charge < -0.3 is 35.4 Å². The van der Waals surface area contributed by atoms with Crippen molar-refractivity contribution < 1.29 is 35.4 Å². The largest absolute Gasteiger partial charge is 0.508 e. The number of phenolic OH excluding ortho intramolecular Hbond substituents is 6. The Balaban J connectivity index is 2.45. The smallest absolute Gasteiger partial charge is 0.211 e. The van der Waals surface area contributed by atoms with E-state index in [0.717, 1.165) is 24.3 Å². The summed E-state index contributed by atoms with van der Waals surface area (Å²) in [4.78, 5) is 0. The SMILES string of the molecule is Oc1cc(O)c(Oc2ccc(O)c(O)c2O)c(O)c1. The van der Waals surface area contributed by atoms with Crippen molar-refractivity contribution in [2.45, 2.75) is 0 Å². The van der Waals surface area contributed by atoms with Gasteiger partial charge in [-0.15, -0.1) is 0 Å². The maximum absolute atomic E-state index is 9.53. The zero-order chi connectivity index (χ0) is 14.2. The molecular weight excluding hydrogens is 256 g/mol. The fraction of sp³-hybridized carbons (Fsp3) is 0. The first-order valence-electron chi connectivity index (χ1n) is 5.07. The molecule has 2 aromatic carbocycles. The molecule has 0 heterocycles. The van der Waals surface area contributed by atoms with Crippen molar-refractivity contribution >= 4 is 0 Å². The van der Waals surface area contributed by atoms with Gasteiger partial charge >= 0.3 is 0 Å². The molecule has 0 radical (unpaired) electrons. The maximum Gasteiger partial charge on any atom is 0.211 e. The molecule has 2 rings (SSSR count). The average Bonchev–Trinajstić information content (AvgIpc) is 2.33. The van der Waals surface area contributed by atoms with Crippen molar-refractivity contribution in [3.8, 4) is 46.0 Å². The van der Waals surface area contributed by atoms with Gasteiger partial charge in [-0.3, -0.25) is 0 Å². The number of benzene rings is 2. The van der Waals surface area contributed by atoms with Gasteiger partial charge in [0, 0.05) is 12.1 Å². The summed E-state index contributed by atoms with van der Waals surface area (Å²) in [5, 5.41) is 56.1. The molecule has 0 bridgehead atoms. The zero-order valence-corrected chi connectivity index (χ0v) is 9.40. The fourth-order valence-corrected chi connectivity index (χ4v) is 1.43. The van der Waals surface area contributed by atoms with E-state index in [4.69, 9.17) is 14.9 Å². The summed E-state index contributed by atoms with van der Waals surface area (Å²) >= 11 is 0. The standard InChI is InChI=1S/C12H10O7/c13-5-3-7(15)12(8(16)4-5)19-9-2-1-6(14)10(17)11(9)18/h1-4,13-18H. The number of hydrogen-bond acceptors (Lipinski definition) is 7. The first kappa shape index (κ1) is 12.5. The van der Waals surface area contributed by atoms with Crippen molar-refractivity contribution in [3.05, 3.63) is 24.3 Å². The van der Waals surface area contributed by atoms with E-state index in [1.54, 1.807) is 0 Å². The van der Waals surface area contributed by atoms with Crippen molar-refractivity contribution in [2.24, 2.45) is 0 Å². The van der Waals surface area contributed by atoms with Crippen LogP contribution in [-0.4, -0.2) is 30.6 Å². The van der Waals surface area contributed by atoms with E-state index in [1.807, 2.05) is 0 Å². The summed E-state index contributed by atoms with van der Waals surface area (Å²) in [6, 6.07) is 4.02. The first-order chi connectivity index (χ1) is 8.90. The Morgan fingerprint density at radius 1 is 0.684 bits per heavy atom. The molecule has 7 heteroatoms. The molecule has 0 unspecified atom stereocenters. The molecule has 0 saturated carbocycles. The lowest BCUT2D eigenvalue weighted by atomic mass is 10.2. The van der Waals surface area contributed by atoms with Crippen molar-refractivity contribution in [1.29, 1.82) is 0 Å². The molecule has 0 atom stereocenters. The van der Waals surface area contributed by atoms with Gasteiger partial charge in [0.15, 0.2) is 23.0 Å². The second kappa shape index (κ2) is 4.37. The van der Waals surface area contributed by atoms with Crippen LogP contribution in [0, 0.1) is 0 Å². The Bertz CT molecular complexity index is 613. The highest BCUT2D eigenvalue weighted by atomic mass is 16.5. The van der Waals surface area contributed by atoms with E-state index < -0.39 is 34.5 Å². The van der Waals surface area contributed by atoms with Crippen molar-refractivity contribution in [3.63, 3.8) is 0 Å². The molecule has 0 saturated heterocycles. The third-order valence-electron chi connectivity index (χ3n) is 2.34. The highest BCUT2D eigenvalue weighted by Crippen LogP contribution is 2.47. The molecule has 0 fully saturated rings. The normalized spacial score (nSPS) is 10.3. The molecular formula is C12H10O7. The van der Waals surface area contributed by atoms with Crippen LogP contribution in [0.25, 0.3) is 0 Å². The van der Waals surface area contributed by atoms with E-state index in [-0.39, 0.29) is 11.5 Å². The van der Waals surface area contributed by atoms with Gasteiger partial charge in [0.2, 0.25) is 17.2 Å². The van der Waals surface area contributed by atoms with Gasteiger partial charge in [0.25, 0.3) is 0 Å². The molecule has 2 aromatic rings. The zero-order valence-electron chi connectivity index (χ0n) is 9.40. The highest BCUT2D eigenvalue weighted by molar-refractivity contribution is 5.60. The minimum atomic E-state index is -0.796. The Morgan fingerprint density at radius 2 is 1.26 bits per heavy atom. The second-order valence-electron chi connectivity index (χ2n) is 3.70. The van der Waals surface area contributed by atoms with Crippen LogP contribution in [0.3, 0.4) is 0 Å². The second-order valence-corrected chi connectivity index (χ2v) is 3.70. The van der Waals surface area contributed by atoms with Crippen LogP contribution in [-0.2, 0) is 0 Å². The number of hydrogen-bond donors (Lipinski definition) is 6. The lowest BCUT2D eigenvalue weighted by Crippen LogP contribution is -1.87. The van der Waals surface area contributed by atoms with Crippen LogP contribution in [0.5, 0.6) is 46.0 Å². The van der Waals surface area contributed by atoms with E-state index in [9.17, 15) is 20.4 Å². The van der Waals surface area contributed by atoms with E-state index >= 15 is 0 Å². The van der Waals surface area contributed by atoms with Crippen LogP contribution in [0.4, 0.5) is 0 Å².